The van der Waals surface area contributed by atoms with Crippen LogP contribution in [-0.2, 0) is 4.79 Å². The summed E-state index contributed by atoms with van der Waals surface area (Å²) < 4.78 is 5.46. The molecule has 1 N–H and O–H groups in total. The summed E-state index contributed by atoms with van der Waals surface area (Å²) in [5.74, 6) is -0.117. The lowest BCUT2D eigenvalue weighted by Gasteiger charge is -1.98. The molecule has 3 aromatic rings. The molecule has 0 fully saturated rings. The number of non-ortho nitro benzene ring substituents is 1. The van der Waals surface area contributed by atoms with Gasteiger partial charge in [0.05, 0.1) is 16.4 Å². The van der Waals surface area contributed by atoms with E-state index in [2.05, 4.69) is 15.3 Å². The van der Waals surface area contributed by atoms with Gasteiger partial charge in [-0.05, 0) is 19.9 Å². The van der Waals surface area contributed by atoms with E-state index < -0.39 is 4.92 Å². The van der Waals surface area contributed by atoms with E-state index in [4.69, 9.17) is 4.42 Å². The molecule has 0 unspecified atom stereocenters. The zero-order valence-corrected chi connectivity index (χ0v) is 14.4. The van der Waals surface area contributed by atoms with Gasteiger partial charge in [0.2, 0.25) is 5.91 Å². The molecule has 0 aliphatic heterocycles. The number of aromatic nitrogens is 2. The van der Waals surface area contributed by atoms with Crippen molar-refractivity contribution < 1.29 is 14.1 Å². The number of oxazole rings is 1. The van der Waals surface area contributed by atoms with Gasteiger partial charge in [-0.2, -0.15) is 0 Å². The topological polar surface area (TPSA) is 111 Å². The van der Waals surface area contributed by atoms with Gasteiger partial charge in [-0.1, -0.05) is 11.8 Å². The fourth-order valence-electron chi connectivity index (χ4n) is 1.88. The monoisotopic (exact) mass is 364 g/mol. The molecule has 0 saturated heterocycles. The first-order chi connectivity index (χ1) is 11.4. The van der Waals surface area contributed by atoms with Gasteiger partial charge in [0.1, 0.15) is 5.52 Å². The molecule has 10 heteroatoms. The molecular weight excluding hydrogens is 352 g/mol. The molecule has 0 bridgehead atoms. The molecule has 0 saturated carbocycles. The number of aryl methyl sites for hydroxylation is 2. The second-order valence-electron chi connectivity index (χ2n) is 4.89. The number of hydrogen-bond acceptors (Lipinski definition) is 8. The Morgan fingerprint density at radius 3 is 2.88 bits per heavy atom. The minimum Gasteiger partial charge on any atom is -0.431 e. The Bertz CT molecular complexity index is 915. The second-order valence-corrected chi connectivity index (χ2v) is 7.02. The highest BCUT2D eigenvalue weighted by Crippen LogP contribution is 2.27. The van der Waals surface area contributed by atoms with Crippen LogP contribution in [0.5, 0.6) is 0 Å². The smallest absolute Gasteiger partial charge is 0.271 e. The van der Waals surface area contributed by atoms with Crippen molar-refractivity contribution in [3.8, 4) is 0 Å². The van der Waals surface area contributed by atoms with Crippen molar-refractivity contribution in [2.45, 2.75) is 19.1 Å². The Kier molecular flexibility index (Phi) is 4.49. The van der Waals surface area contributed by atoms with Gasteiger partial charge in [0, 0.05) is 17.0 Å². The number of benzene rings is 1. The largest absolute Gasteiger partial charge is 0.431 e. The number of thiazole rings is 1. The van der Waals surface area contributed by atoms with Crippen LogP contribution < -0.4 is 5.32 Å². The maximum Gasteiger partial charge on any atom is 0.271 e. The van der Waals surface area contributed by atoms with Crippen molar-refractivity contribution in [3.63, 3.8) is 0 Å². The maximum absolute atomic E-state index is 11.9. The van der Waals surface area contributed by atoms with Gasteiger partial charge in [-0.3, -0.25) is 14.9 Å². The molecule has 0 spiro atoms. The normalized spacial score (nSPS) is 10.9. The number of nitro groups is 1. The number of carbonyl (C=O) groups is 1. The Labute approximate surface area is 144 Å². The van der Waals surface area contributed by atoms with E-state index in [-0.39, 0.29) is 22.6 Å². The molecule has 0 radical (unpaired) electrons. The average Bonchev–Trinajstić information content (AvgIpc) is 3.07. The zero-order chi connectivity index (χ0) is 17.3. The van der Waals surface area contributed by atoms with E-state index in [1.165, 1.54) is 29.5 Å². The fourth-order valence-corrected chi connectivity index (χ4v) is 3.35. The summed E-state index contributed by atoms with van der Waals surface area (Å²) in [5.41, 5.74) is 1.66. The maximum atomic E-state index is 11.9. The lowest BCUT2D eigenvalue weighted by Crippen LogP contribution is -2.13. The van der Waals surface area contributed by atoms with Gasteiger partial charge in [0.15, 0.2) is 10.7 Å². The molecule has 24 heavy (non-hydrogen) atoms. The number of nitrogens with zero attached hydrogens (tertiary/aromatic N) is 3. The average molecular weight is 364 g/mol. The second kappa shape index (κ2) is 6.57. The van der Waals surface area contributed by atoms with Gasteiger partial charge in [-0.25, -0.2) is 9.97 Å². The number of thioether (sulfide) groups is 1. The molecule has 1 aromatic carbocycles. The van der Waals surface area contributed by atoms with Crippen LogP contribution in [0, 0.1) is 24.0 Å². The molecule has 2 heterocycles. The predicted octanol–water partition coefficient (Wildman–Crippen LogP) is 3.54. The fraction of sp³-hybridized carbons (Fsp3) is 0.214. The minimum atomic E-state index is -0.494. The number of fused-ring (bicyclic) bond motifs is 1. The number of carbonyl (C=O) groups excluding carboxylic acids is 1. The first kappa shape index (κ1) is 16.4. The van der Waals surface area contributed by atoms with Crippen LogP contribution >= 0.6 is 23.1 Å². The van der Waals surface area contributed by atoms with Gasteiger partial charge < -0.3 is 9.73 Å². The lowest BCUT2D eigenvalue weighted by atomic mass is 10.3. The van der Waals surface area contributed by atoms with Crippen LogP contribution in [0.1, 0.15) is 10.6 Å². The molecule has 0 atom stereocenters. The number of hydrogen-bond donors (Lipinski definition) is 1. The third kappa shape index (κ3) is 3.54. The molecule has 0 aliphatic carbocycles. The number of nitro benzene ring substituents is 1. The highest BCUT2D eigenvalue weighted by atomic mass is 32.2. The van der Waals surface area contributed by atoms with Crippen molar-refractivity contribution in [3.05, 3.63) is 38.9 Å². The van der Waals surface area contributed by atoms with E-state index in [0.717, 1.165) is 22.3 Å². The zero-order valence-electron chi connectivity index (χ0n) is 12.7. The van der Waals surface area contributed by atoms with Crippen molar-refractivity contribution in [1.82, 2.24) is 9.97 Å². The summed E-state index contributed by atoms with van der Waals surface area (Å²) in [5, 5.41) is 14.3. The van der Waals surface area contributed by atoms with E-state index >= 15 is 0 Å². The molecule has 0 aliphatic rings. The van der Waals surface area contributed by atoms with Crippen LogP contribution in [0.4, 0.5) is 10.8 Å². The predicted molar refractivity (Wildman–Crippen MR) is 91.6 cm³/mol. The highest BCUT2D eigenvalue weighted by Gasteiger charge is 2.14. The van der Waals surface area contributed by atoms with Gasteiger partial charge >= 0.3 is 0 Å². The van der Waals surface area contributed by atoms with Gasteiger partial charge in [-0.15, -0.1) is 11.3 Å². The van der Waals surface area contributed by atoms with Crippen LogP contribution in [0.25, 0.3) is 11.1 Å². The Morgan fingerprint density at radius 2 is 2.21 bits per heavy atom. The van der Waals surface area contributed by atoms with E-state index in [0.29, 0.717) is 16.2 Å². The van der Waals surface area contributed by atoms with Crippen LogP contribution in [-0.4, -0.2) is 26.6 Å². The third-order valence-electron chi connectivity index (χ3n) is 3.16. The standard InChI is InChI=1S/C14H12N4O4S2/c1-7-8(2)24-13(15-7)17-12(19)6-23-14-16-10-5-9(18(20)21)3-4-11(10)22-14/h3-5H,6H2,1-2H3,(H,15,17,19). The molecule has 1 amide bonds. The first-order valence-electron chi connectivity index (χ1n) is 6.84. The SMILES string of the molecule is Cc1nc(NC(=O)CSc2nc3cc([N+](=O)[O-])ccc3o2)sc1C. The molecular formula is C14H12N4O4S2. The summed E-state index contributed by atoms with van der Waals surface area (Å²) in [7, 11) is 0. The van der Waals surface area contributed by atoms with Crippen LogP contribution in [0.3, 0.4) is 0 Å². The minimum absolute atomic E-state index is 0.0559. The summed E-state index contributed by atoms with van der Waals surface area (Å²) in [6, 6.07) is 4.18. The summed E-state index contributed by atoms with van der Waals surface area (Å²) in [6.45, 7) is 3.82. The van der Waals surface area contributed by atoms with E-state index in [1.54, 1.807) is 0 Å². The number of rotatable bonds is 5. The number of amides is 1. The lowest BCUT2D eigenvalue weighted by molar-refractivity contribution is -0.384. The van der Waals surface area contributed by atoms with Crippen molar-refractivity contribution in [2.24, 2.45) is 0 Å². The van der Waals surface area contributed by atoms with Crippen molar-refractivity contribution in [1.29, 1.82) is 0 Å². The molecule has 2 aromatic heterocycles. The van der Waals surface area contributed by atoms with Crippen molar-refractivity contribution in [2.75, 3.05) is 11.1 Å². The molecule has 8 nitrogen and oxygen atoms in total. The summed E-state index contributed by atoms with van der Waals surface area (Å²) in [4.78, 5) is 31.6. The van der Waals surface area contributed by atoms with E-state index in [9.17, 15) is 14.9 Å². The molecule has 3 rings (SSSR count). The Balaban J connectivity index is 1.64. The first-order valence-corrected chi connectivity index (χ1v) is 8.64. The summed E-state index contributed by atoms with van der Waals surface area (Å²) >= 11 is 2.53. The Hall–Kier alpha value is -2.46. The third-order valence-corrected chi connectivity index (χ3v) is 4.98. The number of nitrogens with one attached hydrogen (secondary N) is 1. The van der Waals surface area contributed by atoms with Crippen molar-refractivity contribution >= 4 is 50.9 Å². The highest BCUT2D eigenvalue weighted by molar-refractivity contribution is 7.99. The molecule has 124 valence electrons. The quantitative estimate of drug-likeness (QED) is 0.419. The Morgan fingerprint density at radius 1 is 1.42 bits per heavy atom. The van der Waals surface area contributed by atoms with Crippen LogP contribution in [0.2, 0.25) is 0 Å². The summed E-state index contributed by atoms with van der Waals surface area (Å²) in [6.07, 6.45) is 0. The number of anilines is 1. The van der Waals surface area contributed by atoms with Gasteiger partial charge in [0.25, 0.3) is 10.9 Å². The van der Waals surface area contributed by atoms with E-state index in [1.807, 2.05) is 13.8 Å². The van der Waals surface area contributed by atoms with Crippen LogP contribution in [0.15, 0.2) is 27.8 Å².